The van der Waals surface area contributed by atoms with Gasteiger partial charge in [-0.2, -0.15) is 0 Å². The van der Waals surface area contributed by atoms with Gasteiger partial charge in [0.2, 0.25) is 11.2 Å². The van der Waals surface area contributed by atoms with Crippen LogP contribution >= 0.6 is 0 Å². The van der Waals surface area contributed by atoms with Crippen molar-refractivity contribution in [2.75, 3.05) is 6.61 Å². The molecule has 0 aliphatic carbocycles. The smallest absolute Gasteiger partial charge is 0.235 e. The number of hydrogen-bond donors (Lipinski definition) is 0. The lowest BCUT2D eigenvalue weighted by Gasteiger charge is -2.08. The molecule has 0 atom stereocenters. The Balaban J connectivity index is 1.49. The molecule has 0 N–H and O–H groups in total. The van der Waals surface area contributed by atoms with Gasteiger partial charge in [0, 0.05) is 12.5 Å². The van der Waals surface area contributed by atoms with Crippen molar-refractivity contribution in [3.8, 4) is 17.2 Å². The van der Waals surface area contributed by atoms with E-state index in [0.29, 0.717) is 29.1 Å². The molecule has 0 unspecified atom stereocenters. The quantitative estimate of drug-likeness (QED) is 0.447. The molecular formula is C24H20O4. The van der Waals surface area contributed by atoms with Crippen LogP contribution in [0.2, 0.25) is 0 Å². The van der Waals surface area contributed by atoms with Crippen molar-refractivity contribution in [1.82, 2.24) is 0 Å². The summed E-state index contributed by atoms with van der Waals surface area (Å²) in [5.74, 6) is 1.42. The normalized spacial score (nSPS) is 10.8. The van der Waals surface area contributed by atoms with Gasteiger partial charge in [-0.1, -0.05) is 48.0 Å². The van der Waals surface area contributed by atoms with E-state index in [9.17, 15) is 4.79 Å². The number of benzene rings is 3. The summed E-state index contributed by atoms with van der Waals surface area (Å²) < 4.78 is 17.1. The first-order chi connectivity index (χ1) is 13.7. The summed E-state index contributed by atoms with van der Waals surface area (Å²) in [7, 11) is 0. The molecule has 0 radical (unpaired) electrons. The van der Waals surface area contributed by atoms with Crippen LogP contribution in [0.4, 0.5) is 0 Å². The third kappa shape index (κ3) is 4.07. The van der Waals surface area contributed by atoms with E-state index in [1.807, 2.05) is 49.4 Å². The zero-order valence-electron chi connectivity index (χ0n) is 15.6. The van der Waals surface area contributed by atoms with Gasteiger partial charge in [0.15, 0.2) is 0 Å². The minimum atomic E-state index is -0.210. The summed E-state index contributed by atoms with van der Waals surface area (Å²) >= 11 is 0. The van der Waals surface area contributed by atoms with Crippen LogP contribution in [0, 0.1) is 6.92 Å². The van der Waals surface area contributed by atoms with E-state index in [-0.39, 0.29) is 11.2 Å². The molecule has 3 aromatic carbocycles. The Labute approximate surface area is 163 Å². The number of ether oxygens (including phenoxy) is 2. The van der Waals surface area contributed by atoms with Gasteiger partial charge >= 0.3 is 0 Å². The van der Waals surface area contributed by atoms with Gasteiger partial charge in [0.25, 0.3) is 0 Å². The molecular weight excluding hydrogens is 352 g/mol. The highest BCUT2D eigenvalue weighted by Crippen LogP contribution is 2.24. The van der Waals surface area contributed by atoms with Crippen LogP contribution in [0.15, 0.2) is 88.3 Å². The number of hydrogen-bond acceptors (Lipinski definition) is 4. The van der Waals surface area contributed by atoms with Crippen LogP contribution in [-0.2, 0) is 6.42 Å². The Morgan fingerprint density at radius 3 is 2.43 bits per heavy atom. The number of aryl methyl sites for hydroxylation is 1. The second-order valence-electron chi connectivity index (χ2n) is 6.59. The molecule has 1 aromatic heterocycles. The fraction of sp³-hybridized carbons (Fsp3) is 0.125. The maximum absolute atomic E-state index is 12.7. The molecule has 0 aliphatic rings. The van der Waals surface area contributed by atoms with Crippen molar-refractivity contribution in [2.24, 2.45) is 0 Å². The summed E-state index contributed by atoms with van der Waals surface area (Å²) in [6.07, 6.45) is 2.16. The standard InChI is InChI=1S/C24H20O4/c1-17-7-9-19(10-8-17)28-23-16-27-22-15-20(11-12-21(22)24(23)25)26-14-13-18-5-3-2-4-6-18/h2-12,15-16H,13-14H2,1H3. The largest absolute Gasteiger partial charge is 0.493 e. The zero-order valence-corrected chi connectivity index (χ0v) is 15.6. The fourth-order valence-corrected chi connectivity index (χ4v) is 2.92. The van der Waals surface area contributed by atoms with E-state index in [2.05, 4.69) is 12.1 Å². The summed E-state index contributed by atoms with van der Waals surface area (Å²) in [5, 5.41) is 0.458. The second kappa shape index (κ2) is 8.01. The average Bonchev–Trinajstić information content (AvgIpc) is 2.72. The topological polar surface area (TPSA) is 48.7 Å². The summed E-state index contributed by atoms with van der Waals surface area (Å²) in [4.78, 5) is 12.7. The van der Waals surface area contributed by atoms with Gasteiger partial charge < -0.3 is 13.9 Å². The molecule has 4 nitrogen and oxygen atoms in total. The molecule has 0 saturated heterocycles. The summed E-state index contributed by atoms with van der Waals surface area (Å²) in [6, 6.07) is 22.9. The van der Waals surface area contributed by atoms with Gasteiger partial charge in [0.05, 0.1) is 12.0 Å². The predicted molar refractivity (Wildman–Crippen MR) is 109 cm³/mol. The van der Waals surface area contributed by atoms with Crippen LogP contribution in [0.3, 0.4) is 0 Å². The van der Waals surface area contributed by atoms with E-state index in [1.54, 1.807) is 18.2 Å². The Kier molecular flexibility index (Phi) is 5.11. The lowest BCUT2D eigenvalue weighted by Crippen LogP contribution is -2.05. The summed E-state index contributed by atoms with van der Waals surface area (Å²) in [5.41, 5.74) is 2.60. The Hall–Kier alpha value is -3.53. The molecule has 28 heavy (non-hydrogen) atoms. The van der Waals surface area contributed by atoms with Crippen LogP contribution in [0.5, 0.6) is 17.2 Å². The molecule has 1 heterocycles. The first-order valence-corrected chi connectivity index (χ1v) is 9.16. The molecule has 0 aliphatic heterocycles. The summed E-state index contributed by atoms with van der Waals surface area (Å²) in [6.45, 7) is 2.54. The van der Waals surface area contributed by atoms with Crippen molar-refractivity contribution in [3.63, 3.8) is 0 Å². The lowest BCUT2D eigenvalue weighted by atomic mass is 10.2. The van der Waals surface area contributed by atoms with E-state index in [1.165, 1.54) is 11.8 Å². The number of rotatable bonds is 6. The molecule has 4 heteroatoms. The van der Waals surface area contributed by atoms with Gasteiger partial charge in [-0.25, -0.2) is 0 Å². The first-order valence-electron chi connectivity index (χ1n) is 9.16. The van der Waals surface area contributed by atoms with Crippen molar-refractivity contribution in [1.29, 1.82) is 0 Å². The van der Waals surface area contributed by atoms with Crippen molar-refractivity contribution in [3.05, 3.63) is 100 Å². The second-order valence-corrected chi connectivity index (χ2v) is 6.59. The van der Waals surface area contributed by atoms with Crippen molar-refractivity contribution < 1.29 is 13.9 Å². The Morgan fingerprint density at radius 2 is 1.64 bits per heavy atom. The van der Waals surface area contributed by atoms with E-state index in [0.717, 1.165) is 12.0 Å². The molecule has 4 rings (SSSR count). The average molecular weight is 372 g/mol. The molecule has 0 spiro atoms. The highest BCUT2D eigenvalue weighted by atomic mass is 16.5. The monoisotopic (exact) mass is 372 g/mol. The maximum Gasteiger partial charge on any atom is 0.235 e. The highest BCUT2D eigenvalue weighted by Gasteiger charge is 2.10. The fourth-order valence-electron chi connectivity index (χ4n) is 2.92. The molecule has 4 aromatic rings. The van der Waals surface area contributed by atoms with Crippen LogP contribution in [0.25, 0.3) is 11.0 Å². The maximum atomic E-state index is 12.7. The highest BCUT2D eigenvalue weighted by molar-refractivity contribution is 5.79. The van der Waals surface area contributed by atoms with E-state index in [4.69, 9.17) is 13.9 Å². The Morgan fingerprint density at radius 1 is 0.893 bits per heavy atom. The molecule has 0 fully saturated rings. The van der Waals surface area contributed by atoms with E-state index >= 15 is 0 Å². The molecule has 0 saturated carbocycles. The van der Waals surface area contributed by atoms with Gasteiger partial charge in [-0.15, -0.1) is 0 Å². The van der Waals surface area contributed by atoms with Gasteiger partial charge in [-0.05, 0) is 36.8 Å². The third-order valence-electron chi connectivity index (χ3n) is 4.47. The van der Waals surface area contributed by atoms with Gasteiger partial charge in [0.1, 0.15) is 23.3 Å². The van der Waals surface area contributed by atoms with Crippen LogP contribution in [-0.4, -0.2) is 6.61 Å². The van der Waals surface area contributed by atoms with Crippen molar-refractivity contribution >= 4 is 11.0 Å². The zero-order chi connectivity index (χ0) is 19.3. The van der Waals surface area contributed by atoms with E-state index < -0.39 is 0 Å². The third-order valence-corrected chi connectivity index (χ3v) is 4.47. The minimum absolute atomic E-state index is 0.161. The predicted octanol–water partition coefficient (Wildman–Crippen LogP) is 5.52. The minimum Gasteiger partial charge on any atom is -0.493 e. The van der Waals surface area contributed by atoms with Gasteiger partial charge in [-0.3, -0.25) is 4.79 Å². The number of fused-ring (bicyclic) bond motifs is 1. The van der Waals surface area contributed by atoms with Crippen LogP contribution < -0.4 is 14.9 Å². The first kappa shape index (κ1) is 17.9. The lowest BCUT2D eigenvalue weighted by molar-refractivity contribution is 0.322. The molecule has 0 amide bonds. The Bertz CT molecular complexity index is 1130. The molecule has 0 bridgehead atoms. The van der Waals surface area contributed by atoms with Crippen LogP contribution in [0.1, 0.15) is 11.1 Å². The SMILES string of the molecule is Cc1ccc(Oc2coc3cc(OCCc4ccccc4)ccc3c2=O)cc1. The van der Waals surface area contributed by atoms with Crippen molar-refractivity contribution in [2.45, 2.75) is 13.3 Å². The molecule has 140 valence electrons.